The van der Waals surface area contributed by atoms with Gasteiger partial charge in [-0.15, -0.1) is 11.3 Å². The fourth-order valence-electron chi connectivity index (χ4n) is 2.73. The number of amides is 2. The van der Waals surface area contributed by atoms with Crippen LogP contribution < -0.4 is 10.6 Å². The molecule has 0 atom stereocenters. The molecular weight excluding hydrogens is 386 g/mol. The van der Waals surface area contributed by atoms with Crippen LogP contribution in [-0.2, 0) is 6.54 Å². The fraction of sp³-hybridized carbons (Fsp3) is 0.0476. The molecule has 7 nitrogen and oxygen atoms in total. The average molecular weight is 403 g/mol. The second-order valence-corrected chi connectivity index (χ2v) is 7.16. The van der Waals surface area contributed by atoms with E-state index in [1.807, 2.05) is 35.7 Å². The first kappa shape index (κ1) is 18.6. The molecule has 3 N–H and O–H groups in total. The fourth-order valence-corrected chi connectivity index (χ4v) is 3.43. The zero-order valence-corrected chi connectivity index (χ0v) is 16.1. The molecule has 0 fully saturated rings. The number of anilines is 1. The molecule has 4 aromatic rings. The molecule has 0 aliphatic carbocycles. The van der Waals surface area contributed by atoms with Crippen LogP contribution in [0.15, 0.2) is 72.4 Å². The molecule has 0 unspecified atom stereocenters. The van der Waals surface area contributed by atoms with Gasteiger partial charge in [-0.2, -0.15) is 5.10 Å². The Hall–Kier alpha value is -3.78. The van der Waals surface area contributed by atoms with Gasteiger partial charge in [-0.3, -0.25) is 19.7 Å². The van der Waals surface area contributed by atoms with Crippen molar-refractivity contribution in [1.29, 1.82) is 0 Å². The van der Waals surface area contributed by atoms with Crippen molar-refractivity contribution in [2.24, 2.45) is 0 Å². The van der Waals surface area contributed by atoms with E-state index in [4.69, 9.17) is 0 Å². The minimum atomic E-state index is -0.268. The highest BCUT2D eigenvalue weighted by Crippen LogP contribution is 2.22. The Morgan fingerprint density at radius 1 is 1.00 bits per heavy atom. The summed E-state index contributed by atoms with van der Waals surface area (Å²) in [7, 11) is 0. The van der Waals surface area contributed by atoms with Crippen molar-refractivity contribution in [3.05, 3.63) is 89.2 Å². The van der Waals surface area contributed by atoms with Gasteiger partial charge in [0.05, 0.1) is 10.6 Å². The van der Waals surface area contributed by atoms with Gasteiger partial charge in [-0.25, -0.2) is 0 Å². The standard InChI is InChI=1S/C21H17N5O2S/c27-20(15-6-8-22-9-7-15)24-16-4-1-3-14(11-16)13-23-21(28)18-12-17(25-26-18)19-5-2-10-29-19/h1-12H,13H2,(H,23,28)(H,24,27)(H,25,26). The van der Waals surface area contributed by atoms with E-state index in [1.54, 1.807) is 48.0 Å². The lowest BCUT2D eigenvalue weighted by Gasteiger charge is -2.08. The van der Waals surface area contributed by atoms with Gasteiger partial charge >= 0.3 is 0 Å². The van der Waals surface area contributed by atoms with Crippen molar-refractivity contribution in [2.45, 2.75) is 6.54 Å². The highest BCUT2D eigenvalue weighted by atomic mass is 32.1. The molecule has 0 spiro atoms. The Balaban J connectivity index is 1.37. The van der Waals surface area contributed by atoms with E-state index >= 15 is 0 Å². The van der Waals surface area contributed by atoms with E-state index < -0.39 is 0 Å². The Bertz CT molecular complexity index is 1120. The average Bonchev–Trinajstić information content (AvgIpc) is 3.45. The first-order valence-electron chi connectivity index (χ1n) is 8.87. The zero-order chi connectivity index (χ0) is 20.1. The molecule has 4 rings (SSSR count). The first-order valence-corrected chi connectivity index (χ1v) is 9.75. The molecule has 0 aliphatic rings. The van der Waals surface area contributed by atoms with E-state index in [9.17, 15) is 9.59 Å². The maximum absolute atomic E-state index is 12.4. The predicted octanol–water partition coefficient (Wildman–Crippen LogP) is 3.72. The summed E-state index contributed by atoms with van der Waals surface area (Å²) < 4.78 is 0. The number of aromatic amines is 1. The Morgan fingerprint density at radius 3 is 2.66 bits per heavy atom. The number of H-pyrrole nitrogens is 1. The van der Waals surface area contributed by atoms with Crippen LogP contribution in [0.4, 0.5) is 5.69 Å². The van der Waals surface area contributed by atoms with Crippen LogP contribution in [0.5, 0.6) is 0 Å². The molecule has 1 aromatic carbocycles. The quantitative estimate of drug-likeness (QED) is 0.457. The topological polar surface area (TPSA) is 99.8 Å². The van der Waals surface area contributed by atoms with Gasteiger partial charge in [0.1, 0.15) is 0 Å². The lowest BCUT2D eigenvalue weighted by atomic mass is 10.2. The van der Waals surface area contributed by atoms with E-state index in [0.717, 1.165) is 16.1 Å². The molecule has 3 heterocycles. The molecule has 0 saturated heterocycles. The summed E-state index contributed by atoms with van der Waals surface area (Å²) in [5, 5.41) is 14.6. The monoisotopic (exact) mass is 403 g/mol. The Morgan fingerprint density at radius 2 is 1.86 bits per heavy atom. The van der Waals surface area contributed by atoms with Crippen LogP contribution in [0.3, 0.4) is 0 Å². The Kier molecular flexibility index (Phi) is 5.44. The van der Waals surface area contributed by atoms with Crippen molar-refractivity contribution < 1.29 is 9.59 Å². The second kappa shape index (κ2) is 8.49. The number of nitrogens with zero attached hydrogens (tertiary/aromatic N) is 2. The van der Waals surface area contributed by atoms with Crippen LogP contribution >= 0.6 is 11.3 Å². The van der Waals surface area contributed by atoms with E-state index in [2.05, 4.69) is 25.8 Å². The lowest BCUT2D eigenvalue weighted by Crippen LogP contribution is -2.23. The summed E-state index contributed by atoms with van der Waals surface area (Å²) in [6.45, 7) is 0.318. The maximum Gasteiger partial charge on any atom is 0.272 e. The third-order valence-electron chi connectivity index (χ3n) is 4.18. The minimum absolute atomic E-state index is 0.216. The molecular formula is C21H17N5O2S. The highest BCUT2D eigenvalue weighted by Gasteiger charge is 2.12. The number of nitrogens with one attached hydrogen (secondary N) is 3. The van der Waals surface area contributed by atoms with Crippen LogP contribution in [0.1, 0.15) is 26.4 Å². The van der Waals surface area contributed by atoms with E-state index in [-0.39, 0.29) is 11.8 Å². The molecule has 3 aromatic heterocycles. The number of rotatable bonds is 6. The third kappa shape index (κ3) is 4.56. The number of aromatic nitrogens is 3. The van der Waals surface area contributed by atoms with Crippen molar-refractivity contribution in [1.82, 2.24) is 20.5 Å². The molecule has 0 radical (unpaired) electrons. The number of carbonyl (C=O) groups is 2. The van der Waals surface area contributed by atoms with Gasteiger partial charge in [0, 0.05) is 30.2 Å². The third-order valence-corrected chi connectivity index (χ3v) is 5.08. The van der Waals surface area contributed by atoms with Crippen molar-refractivity contribution >= 4 is 28.8 Å². The number of hydrogen-bond acceptors (Lipinski definition) is 5. The van der Waals surface area contributed by atoms with Crippen LogP contribution in [0.2, 0.25) is 0 Å². The maximum atomic E-state index is 12.4. The molecule has 144 valence electrons. The van der Waals surface area contributed by atoms with Gasteiger partial charge in [-0.05, 0) is 47.3 Å². The van der Waals surface area contributed by atoms with Crippen molar-refractivity contribution in [3.63, 3.8) is 0 Å². The van der Waals surface area contributed by atoms with Crippen LogP contribution in [0.25, 0.3) is 10.6 Å². The summed E-state index contributed by atoms with van der Waals surface area (Å²) in [5.41, 5.74) is 3.18. The van der Waals surface area contributed by atoms with Crippen molar-refractivity contribution in [2.75, 3.05) is 5.32 Å². The zero-order valence-electron chi connectivity index (χ0n) is 15.3. The summed E-state index contributed by atoms with van der Waals surface area (Å²) in [6.07, 6.45) is 3.14. The van der Waals surface area contributed by atoms with Gasteiger partial charge < -0.3 is 10.6 Å². The number of thiophene rings is 1. The molecule has 0 saturated carbocycles. The summed E-state index contributed by atoms with van der Waals surface area (Å²) in [5.74, 6) is -0.485. The number of carbonyl (C=O) groups excluding carboxylic acids is 2. The van der Waals surface area contributed by atoms with E-state index in [0.29, 0.717) is 23.5 Å². The van der Waals surface area contributed by atoms with Gasteiger partial charge in [-0.1, -0.05) is 18.2 Å². The number of benzene rings is 1. The van der Waals surface area contributed by atoms with Gasteiger partial charge in [0.2, 0.25) is 0 Å². The van der Waals surface area contributed by atoms with E-state index in [1.165, 1.54) is 0 Å². The van der Waals surface area contributed by atoms with Crippen LogP contribution in [0, 0.1) is 0 Å². The highest BCUT2D eigenvalue weighted by molar-refractivity contribution is 7.13. The number of pyridine rings is 1. The summed E-state index contributed by atoms with van der Waals surface area (Å²) >= 11 is 1.58. The molecule has 2 amide bonds. The van der Waals surface area contributed by atoms with Crippen molar-refractivity contribution in [3.8, 4) is 10.6 Å². The summed E-state index contributed by atoms with van der Waals surface area (Å²) in [6, 6.07) is 16.3. The molecule has 29 heavy (non-hydrogen) atoms. The van der Waals surface area contributed by atoms with Gasteiger partial charge in [0.25, 0.3) is 11.8 Å². The second-order valence-electron chi connectivity index (χ2n) is 6.22. The summed E-state index contributed by atoms with van der Waals surface area (Å²) in [4.78, 5) is 29.6. The molecule has 0 aliphatic heterocycles. The first-order chi connectivity index (χ1) is 14.2. The normalized spacial score (nSPS) is 10.5. The van der Waals surface area contributed by atoms with Crippen LogP contribution in [-0.4, -0.2) is 27.0 Å². The molecule has 8 heteroatoms. The minimum Gasteiger partial charge on any atom is -0.347 e. The molecule has 0 bridgehead atoms. The number of hydrogen-bond donors (Lipinski definition) is 3. The van der Waals surface area contributed by atoms with Gasteiger partial charge in [0.15, 0.2) is 5.69 Å². The lowest BCUT2D eigenvalue weighted by molar-refractivity contribution is 0.0945. The smallest absolute Gasteiger partial charge is 0.272 e. The predicted molar refractivity (Wildman–Crippen MR) is 112 cm³/mol. The largest absolute Gasteiger partial charge is 0.347 e. The SMILES string of the molecule is O=C(Nc1cccc(CNC(=O)c2cc(-c3cccs3)[nH]n2)c1)c1ccncc1. The Labute approximate surface area is 170 Å².